The van der Waals surface area contributed by atoms with E-state index in [1.54, 1.807) is 0 Å². The van der Waals surface area contributed by atoms with E-state index in [0.29, 0.717) is 12.5 Å². The van der Waals surface area contributed by atoms with Crippen LogP contribution in [0.3, 0.4) is 0 Å². The summed E-state index contributed by atoms with van der Waals surface area (Å²) in [6, 6.07) is 0.686. The molecule has 0 aromatic heterocycles. The lowest BCUT2D eigenvalue weighted by molar-refractivity contribution is -0.120. The molecule has 0 radical (unpaired) electrons. The highest BCUT2D eigenvalue weighted by Crippen LogP contribution is 2.11. The molecule has 1 aliphatic rings. The summed E-state index contributed by atoms with van der Waals surface area (Å²) in [5.41, 5.74) is 0. The number of nitrogens with one attached hydrogen (secondary N) is 2. The molecule has 1 heterocycles. The van der Waals surface area contributed by atoms with Crippen LogP contribution in [-0.4, -0.2) is 25.0 Å². The molecule has 1 fully saturated rings. The molecule has 2 N–H and O–H groups in total. The molecule has 0 spiro atoms. The van der Waals surface area contributed by atoms with Gasteiger partial charge in [0.1, 0.15) is 0 Å². The topological polar surface area (TPSA) is 41.1 Å². The van der Waals surface area contributed by atoms with Gasteiger partial charge in [0.15, 0.2) is 0 Å². The maximum Gasteiger partial charge on any atom is 0.219 e. The Bertz CT molecular complexity index is 174. The van der Waals surface area contributed by atoms with Crippen LogP contribution in [0.4, 0.5) is 0 Å². The first kappa shape index (κ1) is 12.5. The molecule has 0 aromatic carbocycles. The molecule has 1 rings (SSSR count). The van der Waals surface area contributed by atoms with Gasteiger partial charge in [0.05, 0.1) is 0 Å². The molecule has 1 saturated heterocycles. The fourth-order valence-corrected chi connectivity index (χ4v) is 2.05. The molecule has 0 saturated carbocycles. The standard InChI is InChI=1S/C12H24N2O/c1-2-12(15)14-10-6-8-11-7-4-3-5-9-13-11/h11,13H,2-10H2,1H3,(H,14,15). The van der Waals surface area contributed by atoms with E-state index in [1.807, 2.05) is 6.92 Å². The lowest BCUT2D eigenvalue weighted by atomic mass is 10.1. The minimum atomic E-state index is 0.170. The van der Waals surface area contributed by atoms with Crippen LogP contribution in [0.15, 0.2) is 0 Å². The van der Waals surface area contributed by atoms with Crippen LogP contribution >= 0.6 is 0 Å². The first-order valence-corrected chi connectivity index (χ1v) is 6.33. The second-order valence-corrected chi connectivity index (χ2v) is 4.35. The fourth-order valence-electron chi connectivity index (χ4n) is 2.05. The predicted octanol–water partition coefficient (Wildman–Crippen LogP) is 1.82. The Kier molecular flexibility index (Phi) is 6.41. The lowest BCUT2D eigenvalue weighted by Gasteiger charge is -2.15. The number of carbonyl (C=O) groups excluding carboxylic acids is 1. The largest absolute Gasteiger partial charge is 0.356 e. The highest BCUT2D eigenvalue weighted by Gasteiger charge is 2.10. The van der Waals surface area contributed by atoms with Gasteiger partial charge in [-0.2, -0.15) is 0 Å². The van der Waals surface area contributed by atoms with Crippen LogP contribution in [0, 0.1) is 0 Å². The number of hydrogen-bond donors (Lipinski definition) is 2. The molecule has 0 aliphatic carbocycles. The van der Waals surface area contributed by atoms with E-state index in [2.05, 4.69) is 10.6 Å². The maximum atomic E-state index is 11.0. The summed E-state index contributed by atoms with van der Waals surface area (Å²) in [6.45, 7) is 3.90. The minimum Gasteiger partial charge on any atom is -0.356 e. The van der Waals surface area contributed by atoms with Crippen molar-refractivity contribution in [3.8, 4) is 0 Å². The minimum absolute atomic E-state index is 0.170. The monoisotopic (exact) mass is 212 g/mol. The number of carbonyl (C=O) groups is 1. The third kappa shape index (κ3) is 5.78. The van der Waals surface area contributed by atoms with E-state index in [1.165, 1.54) is 38.6 Å². The Balaban J connectivity index is 2.00. The number of amides is 1. The maximum absolute atomic E-state index is 11.0. The molecule has 88 valence electrons. The van der Waals surface area contributed by atoms with Crippen LogP contribution in [0.25, 0.3) is 0 Å². The van der Waals surface area contributed by atoms with Crippen molar-refractivity contribution in [2.24, 2.45) is 0 Å². The van der Waals surface area contributed by atoms with Crippen molar-refractivity contribution in [3.63, 3.8) is 0 Å². The highest BCUT2D eigenvalue weighted by atomic mass is 16.1. The van der Waals surface area contributed by atoms with Gasteiger partial charge in [-0.15, -0.1) is 0 Å². The van der Waals surface area contributed by atoms with Crippen LogP contribution in [0.2, 0.25) is 0 Å². The molecule has 0 bridgehead atoms. The Morgan fingerprint density at radius 1 is 1.40 bits per heavy atom. The van der Waals surface area contributed by atoms with Crippen molar-refractivity contribution in [2.75, 3.05) is 13.1 Å². The van der Waals surface area contributed by atoms with Crippen molar-refractivity contribution in [1.29, 1.82) is 0 Å². The molecule has 1 amide bonds. The van der Waals surface area contributed by atoms with Crippen molar-refractivity contribution < 1.29 is 4.79 Å². The second kappa shape index (κ2) is 7.69. The van der Waals surface area contributed by atoms with E-state index in [9.17, 15) is 4.79 Å². The summed E-state index contributed by atoms with van der Waals surface area (Å²) < 4.78 is 0. The van der Waals surface area contributed by atoms with E-state index >= 15 is 0 Å². The Morgan fingerprint density at radius 3 is 3.07 bits per heavy atom. The van der Waals surface area contributed by atoms with Gasteiger partial charge in [-0.1, -0.05) is 19.8 Å². The Hall–Kier alpha value is -0.570. The normalized spacial score (nSPS) is 22.1. The summed E-state index contributed by atoms with van der Waals surface area (Å²) in [4.78, 5) is 11.0. The molecule has 15 heavy (non-hydrogen) atoms. The third-order valence-corrected chi connectivity index (χ3v) is 3.04. The van der Waals surface area contributed by atoms with Crippen LogP contribution in [0.1, 0.15) is 51.9 Å². The Labute approximate surface area is 93.0 Å². The molecule has 1 atom stereocenters. The molecule has 1 aliphatic heterocycles. The molecular weight excluding hydrogens is 188 g/mol. The van der Waals surface area contributed by atoms with E-state index < -0.39 is 0 Å². The highest BCUT2D eigenvalue weighted by molar-refractivity contribution is 5.75. The second-order valence-electron chi connectivity index (χ2n) is 4.35. The fraction of sp³-hybridized carbons (Fsp3) is 0.917. The Morgan fingerprint density at radius 2 is 2.27 bits per heavy atom. The zero-order valence-corrected chi connectivity index (χ0v) is 9.85. The average molecular weight is 212 g/mol. The first-order chi connectivity index (χ1) is 7.33. The van der Waals surface area contributed by atoms with Gasteiger partial charge in [0, 0.05) is 19.0 Å². The summed E-state index contributed by atoms with van der Waals surface area (Å²) in [6.07, 6.45) is 8.26. The first-order valence-electron chi connectivity index (χ1n) is 6.33. The third-order valence-electron chi connectivity index (χ3n) is 3.04. The summed E-state index contributed by atoms with van der Waals surface area (Å²) >= 11 is 0. The van der Waals surface area contributed by atoms with Gasteiger partial charge in [0.2, 0.25) is 5.91 Å². The smallest absolute Gasteiger partial charge is 0.219 e. The molecule has 0 aromatic rings. The number of hydrogen-bond acceptors (Lipinski definition) is 2. The predicted molar refractivity (Wildman–Crippen MR) is 62.8 cm³/mol. The summed E-state index contributed by atoms with van der Waals surface area (Å²) in [5.74, 6) is 0.170. The lowest BCUT2D eigenvalue weighted by Crippen LogP contribution is -2.30. The average Bonchev–Trinajstić information content (AvgIpc) is 2.52. The summed E-state index contributed by atoms with van der Waals surface area (Å²) in [7, 11) is 0. The molecule has 1 unspecified atom stereocenters. The van der Waals surface area contributed by atoms with Crippen LogP contribution < -0.4 is 10.6 Å². The number of rotatable bonds is 5. The zero-order chi connectivity index (χ0) is 10.9. The molecule has 3 heteroatoms. The van der Waals surface area contributed by atoms with Gasteiger partial charge in [-0.05, 0) is 32.2 Å². The van der Waals surface area contributed by atoms with E-state index in [4.69, 9.17) is 0 Å². The van der Waals surface area contributed by atoms with Crippen LogP contribution in [-0.2, 0) is 4.79 Å². The van der Waals surface area contributed by atoms with Gasteiger partial charge in [0.25, 0.3) is 0 Å². The zero-order valence-electron chi connectivity index (χ0n) is 9.85. The van der Waals surface area contributed by atoms with Gasteiger partial charge in [-0.25, -0.2) is 0 Å². The SMILES string of the molecule is CCC(=O)NCCCC1CCCCCN1. The quantitative estimate of drug-likeness (QED) is 0.683. The van der Waals surface area contributed by atoms with Crippen molar-refractivity contribution in [2.45, 2.75) is 57.9 Å². The van der Waals surface area contributed by atoms with Gasteiger partial charge >= 0.3 is 0 Å². The van der Waals surface area contributed by atoms with Gasteiger partial charge < -0.3 is 10.6 Å². The summed E-state index contributed by atoms with van der Waals surface area (Å²) in [5, 5.41) is 6.49. The van der Waals surface area contributed by atoms with Crippen molar-refractivity contribution >= 4 is 5.91 Å². The molecular formula is C12H24N2O. The van der Waals surface area contributed by atoms with E-state index in [-0.39, 0.29) is 5.91 Å². The van der Waals surface area contributed by atoms with Gasteiger partial charge in [-0.3, -0.25) is 4.79 Å². The van der Waals surface area contributed by atoms with Crippen molar-refractivity contribution in [3.05, 3.63) is 0 Å². The molecule has 3 nitrogen and oxygen atoms in total. The van der Waals surface area contributed by atoms with E-state index in [0.717, 1.165) is 13.0 Å². The van der Waals surface area contributed by atoms with Crippen LogP contribution in [0.5, 0.6) is 0 Å². The van der Waals surface area contributed by atoms with Crippen molar-refractivity contribution in [1.82, 2.24) is 10.6 Å².